The number of carbonyl (C=O) groups excluding carboxylic acids is 1. The first-order chi connectivity index (χ1) is 11.3. The molecule has 0 unspecified atom stereocenters. The van der Waals surface area contributed by atoms with E-state index in [0.29, 0.717) is 18.8 Å². The van der Waals surface area contributed by atoms with Gasteiger partial charge in [-0.3, -0.25) is 4.79 Å². The van der Waals surface area contributed by atoms with Crippen molar-refractivity contribution in [3.05, 3.63) is 29.8 Å². The Kier molecular flexibility index (Phi) is 6.20. The number of methoxy groups -OCH3 is 1. The summed E-state index contributed by atoms with van der Waals surface area (Å²) in [5, 5.41) is 0. The third-order valence-corrected chi connectivity index (χ3v) is 4.82. The number of nitrogens with one attached hydrogen (secondary N) is 1. The molecule has 7 nitrogen and oxygen atoms in total. The highest BCUT2D eigenvalue weighted by molar-refractivity contribution is 7.88. The van der Waals surface area contributed by atoms with Crippen molar-refractivity contribution in [1.29, 1.82) is 0 Å². The summed E-state index contributed by atoms with van der Waals surface area (Å²) < 4.78 is 31.0. The summed E-state index contributed by atoms with van der Waals surface area (Å²) in [6, 6.07) is 6.48. The predicted molar refractivity (Wildman–Crippen MR) is 92.4 cm³/mol. The predicted octanol–water partition coefficient (Wildman–Crippen LogP) is 0.450. The van der Waals surface area contributed by atoms with Crippen molar-refractivity contribution in [3.8, 4) is 5.75 Å². The zero-order valence-electron chi connectivity index (χ0n) is 14.4. The first-order valence-corrected chi connectivity index (χ1v) is 9.75. The molecule has 8 heteroatoms. The van der Waals surface area contributed by atoms with Gasteiger partial charge in [0, 0.05) is 32.6 Å². The average molecular weight is 355 g/mol. The van der Waals surface area contributed by atoms with E-state index in [2.05, 4.69) is 9.62 Å². The molecule has 1 heterocycles. The van der Waals surface area contributed by atoms with Gasteiger partial charge in [-0.05, 0) is 24.7 Å². The Labute approximate surface area is 143 Å². The number of hydrogen-bond acceptors (Lipinski definition) is 5. The first-order valence-electron chi connectivity index (χ1n) is 7.86. The molecule has 1 N–H and O–H groups in total. The van der Waals surface area contributed by atoms with Crippen LogP contribution in [0.5, 0.6) is 5.75 Å². The average Bonchev–Trinajstić information content (AvgIpc) is 2.53. The lowest BCUT2D eigenvalue weighted by atomic mass is 10.0. The van der Waals surface area contributed by atoms with Crippen LogP contribution in [-0.2, 0) is 14.8 Å². The topological polar surface area (TPSA) is 79.0 Å². The van der Waals surface area contributed by atoms with Gasteiger partial charge in [0.05, 0.1) is 19.4 Å². The Morgan fingerprint density at radius 2 is 1.79 bits per heavy atom. The fraction of sp³-hybridized carbons (Fsp3) is 0.562. The summed E-state index contributed by atoms with van der Waals surface area (Å²) in [4.78, 5) is 16.5. The van der Waals surface area contributed by atoms with E-state index in [1.54, 1.807) is 36.3 Å². The fourth-order valence-corrected chi connectivity index (χ4v) is 3.42. The zero-order valence-corrected chi connectivity index (χ0v) is 15.2. The van der Waals surface area contributed by atoms with Crippen molar-refractivity contribution >= 4 is 15.9 Å². The van der Waals surface area contributed by atoms with E-state index in [4.69, 9.17) is 4.74 Å². The lowest BCUT2D eigenvalue weighted by molar-refractivity contribution is -0.133. The molecule has 2 rings (SSSR count). The standard InChI is InChI=1S/C16H25N3O4S/c1-18-8-10-19(11-9-18)16(20)12-15(17-24(3,21)22)13-4-6-14(23-2)7-5-13/h4-7,15,17H,8-12H2,1-3H3/t15-/m1/s1. The maximum Gasteiger partial charge on any atom is 0.224 e. The number of benzene rings is 1. The third kappa shape index (κ3) is 5.47. The van der Waals surface area contributed by atoms with Crippen LogP contribution in [0.1, 0.15) is 18.0 Å². The van der Waals surface area contributed by atoms with Crippen LogP contribution in [-0.4, -0.2) is 70.7 Å². The third-order valence-electron chi connectivity index (χ3n) is 4.11. The minimum Gasteiger partial charge on any atom is -0.497 e. The molecule has 24 heavy (non-hydrogen) atoms. The van der Waals surface area contributed by atoms with Gasteiger partial charge in [0.1, 0.15) is 5.75 Å². The van der Waals surface area contributed by atoms with E-state index >= 15 is 0 Å². The van der Waals surface area contributed by atoms with Crippen LogP contribution < -0.4 is 9.46 Å². The monoisotopic (exact) mass is 355 g/mol. The Morgan fingerprint density at radius 1 is 1.21 bits per heavy atom. The number of likely N-dealkylation sites (N-methyl/N-ethyl adjacent to an activating group) is 1. The van der Waals surface area contributed by atoms with Gasteiger partial charge in [-0.25, -0.2) is 13.1 Å². The number of carbonyl (C=O) groups is 1. The Morgan fingerprint density at radius 3 is 2.29 bits per heavy atom. The van der Waals surface area contributed by atoms with Gasteiger partial charge in [-0.1, -0.05) is 12.1 Å². The van der Waals surface area contributed by atoms with Gasteiger partial charge in [-0.2, -0.15) is 0 Å². The van der Waals surface area contributed by atoms with E-state index in [1.165, 1.54) is 0 Å². The van der Waals surface area contributed by atoms with Crippen LogP contribution in [0.4, 0.5) is 0 Å². The highest BCUT2D eigenvalue weighted by Crippen LogP contribution is 2.22. The zero-order chi connectivity index (χ0) is 17.7. The van der Waals surface area contributed by atoms with Gasteiger partial charge in [0.2, 0.25) is 15.9 Å². The molecule has 0 radical (unpaired) electrons. The summed E-state index contributed by atoms with van der Waals surface area (Å²) in [7, 11) is 0.156. The highest BCUT2D eigenvalue weighted by Gasteiger charge is 2.25. The second-order valence-electron chi connectivity index (χ2n) is 6.10. The molecule has 0 aliphatic carbocycles. The van der Waals surface area contributed by atoms with Gasteiger partial charge in [0.25, 0.3) is 0 Å². The van der Waals surface area contributed by atoms with Gasteiger partial charge < -0.3 is 14.5 Å². The number of ether oxygens (including phenoxy) is 1. The molecule has 1 atom stereocenters. The largest absolute Gasteiger partial charge is 0.497 e. The molecular weight excluding hydrogens is 330 g/mol. The quantitative estimate of drug-likeness (QED) is 0.802. The van der Waals surface area contributed by atoms with Crippen LogP contribution in [0.15, 0.2) is 24.3 Å². The van der Waals surface area contributed by atoms with Crippen LogP contribution in [0.25, 0.3) is 0 Å². The molecule has 0 spiro atoms. The number of sulfonamides is 1. The fourth-order valence-electron chi connectivity index (χ4n) is 2.68. The molecule has 134 valence electrons. The maximum absolute atomic E-state index is 12.5. The molecule has 1 amide bonds. The normalized spacial score (nSPS) is 17.5. The number of amides is 1. The number of hydrogen-bond donors (Lipinski definition) is 1. The lowest BCUT2D eigenvalue weighted by Crippen LogP contribution is -2.48. The SMILES string of the molecule is COc1ccc([C@@H](CC(=O)N2CCN(C)CC2)NS(C)(=O)=O)cc1. The smallest absolute Gasteiger partial charge is 0.224 e. The molecule has 1 aromatic rings. The maximum atomic E-state index is 12.5. The number of nitrogens with zero attached hydrogens (tertiary/aromatic N) is 2. The molecule has 0 aromatic heterocycles. The summed E-state index contributed by atoms with van der Waals surface area (Å²) in [5.74, 6) is 0.641. The highest BCUT2D eigenvalue weighted by atomic mass is 32.2. The molecule has 1 aromatic carbocycles. The van der Waals surface area contributed by atoms with E-state index in [-0.39, 0.29) is 12.3 Å². The minimum atomic E-state index is -3.43. The van der Waals surface area contributed by atoms with E-state index in [9.17, 15) is 13.2 Å². The first kappa shape index (κ1) is 18.7. The molecule has 0 bridgehead atoms. The molecule has 1 aliphatic heterocycles. The van der Waals surface area contributed by atoms with Crippen molar-refractivity contribution in [3.63, 3.8) is 0 Å². The Hall–Kier alpha value is -1.64. The Bertz CT molecular complexity index is 652. The second kappa shape index (κ2) is 7.96. The van der Waals surface area contributed by atoms with E-state index in [1.807, 2.05) is 7.05 Å². The molecule has 1 aliphatic rings. The van der Waals surface area contributed by atoms with Gasteiger partial charge >= 0.3 is 0 Å². The van der Waals surface area contributed by atoms with Crippen LogP contribution in [0.2, 0.25) is 0 Å². The summed E-state index contributed by atoms with van der Waals surface area (Å²) in [6.07, 6.45) is 1.20. The van der Waals surface area contributed by atoms with Crippen molar-refractivity contribution in [2.24, 2.45) is 0 Å². The van der Waals surface area contributed by atoms with Crippen LogP contribution in [0.3, 0.4) is 0 Å². The van der Waals surface area contributed by atoms with Crippen molar-refractivity contribution in [1.82, 2.24) is 14.5 Å². The van der Waals surface area contributed by atoms with Gasteiger partial charge in [-0.15, -0.1) is 0 Å². The van der Waals surface area contributed by atoms with Crippen LogP contribution >= 0.6 is 0 Å². The Balaban J connectivity index is 2.11. The lowest BCUT2D eigenvalue weighted by Gasteiger charge is -2.33. The number of piperazine rings is 1. The van der Waals surface area contributed by atoms with Crippen molar-refractivity contribution in [2.75, 3.05) is 46.6 Å². The minimum absolute atomic E-state index is 0.0416. The van der Waals surface area contributed by atoms with Crippen LogP contribution in [0, 0.1) is 0 Å². The summed E-state index contributed by atoms with van der Waals surface area (Å²) in [5.41, 5.74) is 0.740. The summed E-state index contributed by atoms with van der Waals surface area (Å²) >= 11 is 0. The number of rotatable bonds is 6. The molecule has 0 saturated carbocycles. The molecular formula is C16H25N3O4S. The van der Waals surface area contributed by atoms with Crippen molar-refractivity contribution < 1.29 is 17.9 Å². The van der Waals surface area contributed by atoms with E-state index < -0.39 is 16.1 Å². The van der Waals surface area contributed by atoms with E-state index in [0.717, 1.165) is 24.9 Å². The van der Waals surface area contributed by atoms with Crippen molar-refractivity contribution in [2.45, 2.75) is 12.5 Å². The second-order valence-corrected chi connectivity index (χ2v) is 7.88. The summed E-state index contributed by atoms with van der Waals surface area (Å²) in [6.45, 7) is 3.00. The molecule has 1 fully saturated rings. The van der Waals surface area contributed by atoms with Gasteiger partial charge in [0.15, 0.2) is 0 Å². The molecule has 1 saturated heterocycles.